The zero-order valence-electron chi connectivity index (χ0n) is 17.0. The maximum atomic E-state index is 13.0. The van der Waals surface area contributed by atoms with Gasteiger partial charge in [0, 0.05) is 24.3 Å². The number of sulfonamides is 1. The third kappa shape index (κ3) is 5.25. The predicted molar refractivity (Wildman–Crippen MR) is 114 cm³/mol. The standard InChI is InChI=1S/C22H26N2O5S/c1-2-29-22(26)17-10-12-19(13-11-17)23-21(25)18-8-7-9-20(16-18)30(27,28)24-14-5-3-4-6-15-24/h7-13,16H,2-6,14-15H2,1H3,(H,23,25). The molecule has 0 unspecified atom stereocenters. The molecule has 1 N–H and O–H groups in total. The van der Waals surface area contributed by atoms with Gasteiger partial charge >= 0.3 is 5.97 Å². The van der Waals surface area contributed by atoms with Crippen LogP contribution in [0.2, 0.25) is 0 Å². The molecule has 0 radical (unpaired) electrons. The van der Waals surface area contributed by atoms with E-state index in [1.807, 2.05) is 0 Å². The van der Waals surface area contributed by atoms with Crippen molar-refractivity contribution in [3.63, 3.8) is 0 Å². The van der Waals surface area contributed by atoms with E-state index in [2.05, 4.69) is 5.32 Å². The molecule has 8 heteroatoms. The largest absolute Gasteiger partial charge is 0.462 e. The van der Waals surface area contributed by atoms with Crippen LogP contribution in [0.5, 0.6) is 0 Å². The van der Waals surface area contributed by atoms with E-state index < -0.39 is 21.9 Å². The van der Waals surface area contributed by atoms with E-state index in [0.29, 0.717) is 24.3 Å². The summed E-state index contributed by atoms with van der Waals surface area (Å²) in [5, 5.41) is 2.73. The Balaban J connectivity index is 1.73. The monoisotopic (exact) mass is 430 g/mol. The van der Waals surface area contributed by atoms with Gasteiger partial charge < -0.3 is 10.1 Å². The van der Waals surface area contributed by atoms with Gasteiger partial charge in [-0.05, 0) is 62.2 Å². The van der Waals surface area contributed by atoms with Crippen LogP contribution in [0.15, 0.2) is 53.4 Å². The van der Waals surface area contributed by atoms with Gasteiger partial charge in [-0.3, -0.25) is 4.79 Å². The van der Waals surface area contributed by atoms with E-state index in [-0.39, 0.29) is 17.1 Å². The van der Waals surface area contributed by atoms with Gasteiger partial charge in [0.25, 0.3) is 5.91 Å². The highest BCUT2D eigenvalue weighted by Gasteiger charge is 2.25. The van der Waals surface area contributed by atoms with E-state index in [9.17, 15) is 18.0 Å². The molecule has 2 aromatic rings. The fraction of sp³-hybridized carbons (Fsp3) is 0.364. The van der Waals surface area contributed by atoms with E-state index >= 15 is 0 Å². The zero-order chi connectivity index (χ0) is 21.6. The maximum absolute atomic E-state index is 13.0. The summed E-state index contributed by atoms with van der Waals surface area (Å²) in [6.07, 6.45) is 3.76. The Labute approximate surface area is 177 Å². The molecule has 0 spiro atoms. The number of anilines is 1. The summed E-state index contributed by atoms with van der Waals surface area (Å²) in [6.45, 7) is 3.03. The normalized spacial score (nSPS) is 15.2. The third-order valence-electron chi connectivity index (χ3n) is 4.95. The van der Waals surface area contributed by atoms with Gasteiger partial charge in [-0.25, -0.2) is 13.2 Å². The molecule has 1 saturated heterocycles. The zero-order valence-corrected chi connectivity index (χ0v) is 17.8. The molecule has 7 nitrogen and oxygen atoms in total. The van der Waals surface area contributed by atoms with Crippen molar-refractivity contribution in [2.24, 2.45) is 0 Å². The number of carbonyl (C=O) groups excluding carboxylic acids is 2. The number of nitrogens with zero attached hydrogens (tertiary/aromatic N) is 1. The minimum Gasteiger partial charge on any atom is -0.462 e. The lowest BCUT2D eigenvalue weighted by atomic mass is 10.2. The molecule has 0 saturated carbocycles. The molecule has 1 fully saturated rings. The molecule has 160 valence electrons. The van der Waals surface area contributed by atoms with Gasteiger partial charge in [0.05, 0.1) is 17.1 Å². The van der Waals surface area contributed by atoms with Gasteiger partial charge in [-0.15, -0.1) is 0 Å². The molecule has 3 rings (SSSR count). The van der Waals surface area contributed by atoms with Crippen molar-refractivity contribution in [1.82, 2.24) is 4.31 Å². The number of carbonyl (C=O) groups is 2. The van der Waals surface area contributed by atoms with Crippen molar-refractivity contribution in [2.75, 3.05) is 25.0 Å². The molecule has 1 aliphatic rings. The SMILES string of the molecule is CCOC(=O)c1ccc(NC(=O)c2cccc(S(=O)(=O)N3CCCCCC3)c2)cc1. The van der Waals surface area contributed by atoms with Gasteiger partial charge in [-0.2, -0.15) is 4.31 Å². The van der Waals surface area contributed by atoms with Crippen molar-refractivity contribution in [2.45, 2.75) is 37.5 Å². The molecule has 0 aliphatic carbocycles. The number of benzene rings is 2. The topological polar surface area (TPSA) is 92.8 Å². The Morgan fingerprint density at radius 1 is 0.967 bits per heavy atom. The minimum atomic E-state index is -3.63. The summed E-state index contributed by atoms with van der Waals surface area (Å²) in [4.78, 5) is 24.5. The Bertz CT molecular complexity index is 994. The van der Waals surface area contributed by atoms with Crippen molar-refractivity contribution >= 4 is 27.6 Å². The number of ether oxygens (including phenoxy) is 1. The van der Waals surface area contributed by atoms with E-state index in [4.69, 9.17) is 4.74 Å². The number of rotatable bonds is 6. The molecular weight excluding hydrogens is 404 g/mol. The van der Waals surface area contributed by atoms with Crippen LogP contribution in [0.1, 0.15) is 53.3 Å². The molecule has 0 aromatic heterocycles. The second-order valence-electron chi connectivity index (χ2n) is 7.10. The van der Waals surface area contributed by atoms with Crippen LogP contribution >= 0.6 is 0 Å². The fourth-order valence-corrected chi connectivity index (χ4v) is 4.90. The van der Waals surface area contributed by atoms with Crippen molar-refractivity contribution in [3.8, 4) is 0 Å². The number of esters is 1. The van der Waals surface area contributed by atoms with Crippen LogP contribution in [0.4, 0.5) is 5.69 Å². The van der Waals surface area contributed by atoms with E-state index in [1.54, 1.807) is 43.3 Å². The quantitative estimate of drug-likeness (QED) is 0.706. The molecule has 0 atom stereocenters. The van der Waals surface area contributed by atoms with Crippen molar-refractivity contribution in [1.29, 1.82) is 0 Å². The highest BCUT2D eigenvalue weighted by molar-refractivity contribution is 7.89. The molecule has 0 bridgehead atoms. The van der Waals surface area contributed by atoms with Gasteiger partial charge in [-0.1, -0.05) is 18.9 Å². The van der Waals surface area contributed by atoms with E-state index in [0.717, 1.165) is 25.7 Å². The van der Waals surface area contributed by atoms with Crippen molar-refractivity contribution in [3.05, 3.63) is 59.7 Å². The molecule has 1 amide bonds. The summed E-state index contributed by atoms with van der Waals surface area (Å²) in [5.41, 5.74) is 1.13. The molecular formula is C22H26N2O5S. The third-order valence-corrected chi connectivity index (χ3v) is 6.85. The summed E-state index contributed by atoms with van der Waals surface area (Å²) in [5.74, 6) is -0.853. The highest BCUT2D eigenvalue weighted by atomic mass is 32.2. The van der Waals surface area contributed by atoms with Crippen LogP contribution < -0.4 is 5.32 Å². The van der Waals surface area contributed by atoms with Gasteiger partial charge in [0.1, 0.15) is 0 Å². The number of nitrogens with one attached hydrogen (secondary N) is 1. The molecule has 1 aliphatic heterocycles. The lowest BCUT2D eigenvalue weighted by Crippen LogP contribution is -2.32. The van der Waals surface area contributed by atoms with Crippen LogP contribution in [0.3, 0.4) is 0 Å². The van der Waals surface area contributed by atoms with E-state index in [1.165, 1.54) is 16.4 Å². The summed E-state index contributed by atoms with van der Waals surface area (Å²) in [7, 11) is -3.63. The first-order valence-corrected chi connectivity index (χ1v) is 11.5. The number of amides is 1. The molecule has 1 heterocycles. The Morgan fingerprint density at radius 2 is 1.63 bits per heavy atom. The summed E-state index contributed by atoms with van der Waals surface area (Å²) in [6, 6.07) is 12.4. The second kappa shape index (κ2) is 9.86. The van der Waals surface area contributed by atoms with Crippen LogP contribution in [-0.4, -0.2) is 44.3 Å². The molecule has 30 heavy (non-hydrogen) atoms. The average Bonchev–Trinajstić information content (AvgIpc) is 3.05. The van der Waals surface area contributed by atoms with Crippen molar-refractivity contribution < 1.29 is 22.7 Å². The summed E-state index contributed by atoms with van der Waals surface area (Å²) < 4.78 is 32.4. The van der Waals surface area contributed by atoms with Gasteiger partial charge in [0.15, 0.2) is 0 Å². The highest BCUT2D eigenvalue weighted by Crippen LogP contribution is 2.22. The van der Waals surface area contributed by atoms with Gasteiger partial charge in [0.2, 0.25) is 10.0 Å². The first-order valence-electron chi connectivity index (χ1n) is 10.1. The second-order valence-corrected chi connectivity index (χ2v) is 9.04. The Morgan fingerprint density at radius 3 is 2.27 bits per heavy atom. The Kier molecular flexibility index (Phi) is 7.23. The smallest absolute Gasteiger partial charge is 0.338 e. The van der Waals surface area contributed by atoms with Crippen LogP contribution in [-0.2, 0) is 14.8 Å². The number of hydrogen-bond donors (Lipinski definition) is 1. The number of hydrogen-bond acceptors (Lipinski definition) is 5. The maximum Gasteiger partial charge on any atom is 0.338 e. The average molecular weight is 431 g/mol. The summed E-state index contributed by atoms with van der Waals surface area (Å²) >= 11 is 0. The predicted octanol–water partition coefficient (Wildman–Crippen LogP) is 3.68. The fourth-order valence-electron chi connectivity index (χ4n) is 3.34. The van der Waals surface area contributed by atoms with Crippen LogP contribution in [0, 0.1) is 0 Å². The first-order chi connectivity index (χ1) is 14.4. The van der Waals surface area contributed by atoms with Crippen LogP contribution in [0.25, 0.3) is 0 Å². The Hall–Kier alpha value is -2.71. The first kappa shape index (κ1) is 22.0. The minimum absolute atomic E-state index is 0.120. The lowest BCUT2D eigenvalue weighted by Gasteiger charge is -2.20. The molecule has 2 aromatic carbocycles. The lowest BCUT2D eigenvalue weighted by molar-refractivity contribution is 0.0526.